The molecule has 2 nitrogen and oxygen atoms in total. The van der Waals surface area contributed by atoms with Crippen LogP contribution in [0.4, 0.5) is 4.39 Å². The zero-order valence-electron chi connectivity index (χ0n) is 5.49. The Morgan fingerprint density at radius 1 is 1.44 bits per heavy atom. The number of rotatable bonds is 1. The molecular formula is C6H13FN2. The summed E-state index contributed by atoms with van der Waals surface area (Å²) in [6.45, 7) is 1.34. The van der Waals surface area contributed by atoms with E-state index in [1.165, 1.54) is 0 Å². The van der Waals surface area contributed by atoms with Crippen molar-refractivity contribution in [2.45, 2.75) is 18.4 Å². The second-order valence-electron chi connectivity index (χ2n) is 2.75. The standard InChI is InChI=1S/C6H13FN2/c7-5-6(8)1-3-9-4-2-6/h9H,1-5,8H2. The van der Waals surface area contributed by atoms with E-state index < -0.39 is 5.54 Å². The van der Waals surface area contributed by atoms with Crippen LogP contribution in [0, 0.1) is 0 Å². The van der Waals surface area contributed by atoms with Gasteiger partial charge in [0.25, 0.3) is 0 Å². The van der Waals surface area contributed by atoms with Gasteiger partial charge in [0.15, 0.2) is 0 Å². The predicted molar refractivity (Wildman–Crippen MR) is 35.0 cm³/mol. The van der Waals surface area contributed by atoms with Gasteiger partial charge in [-0.15, -0.1) is 0 Å². The van der Waals surface area contributed by atoms with Crippen molar-refractivity contribution in [2.75, 3.05) is 19.8 Å². The molecule has 1 aliphatic rings. The van der Waals surface area contributed by atoms with Crippen LogP contribution < -0.4 is 11.1 Å². The van der Waals surface area contributed by atoms with Crippen LogP contribution in [0.2, 0.25) is 0 Å². The van der Waals surface area contributed by atoms with Crippen LogP contribution >= 0.6 is 0 Å². The molecule has 0 aromatic rings. The van der Waals surface area contributed by atoms with Crippen molar-refractivity contribution in [3.05, 3.63) is 0 Å². The first-order valence-corrected chi connectivity index (χ1v) is 3.32. The minimum Gasteiger partial charge on any atom is -0.323 e. The molecule has 1 saturated heterocycles. The number of alkyl halides is 1. The third-order valence-corrected chi connectivity index (χ3v) is 1.87. The zero-order chi connectivity index (χ0) is 6.74. The average Bonchev–Trinajstić information content (AvgIpc) is 1.90. The van der Waals surface area contributed by atoms with Crippen molar-refractivity contribution in [1.29, 1.82) is 0 Å². The Kier molecular flexibility index (Phi) is 2.03. The maximum Gasteiger partial charge on any atom is 0.107 e. The zero-order valence-corrected chi connectivity index (χ0v) is 5.49. The first-order chi connectivity index (χ1) is 4.27. The van der Waals surface area contributed by atoms with Crippen molar-refractivity contribution in [2.24, 2.45) is 5.73 Å². The third kappa shape index (κ3) is 1.63. The fourth-order valence-corrected chi connectivity index (χ4v) is 1.06. The molecule has 1 rings (SSSR count). The fourth-order valence-electron chi connectivity index (χ4n) is 1.06. The van der Waals surface area contributed by atoms with E-state index in [9.17, 15) is 4.39 Å². The molecular weight excluding hydrogens is 119 g/mol. The number of piperidine rings is 1. The number of nitrogens with one attached hydrogen (secondary N) is 1. The highest BCUT2D eigenvalue weighted by Gasteiger charge is 2.26. The lowest BCUT2D eigenvalue weighted by Crippen LogP contribution is -2.50. The highest BCUT2D eigenvalue weighted by atomic mass is 19.1. The lowest BCUT2D eigenvalue weighted by Gasteiger charge is -2.30. The first-order valence-electron chi connectivity index (χ1n) is 3.32. The topological polar surface area (TPSA) is 38.0 Å². The van der Waals surface area contributed by atoms with Gasteiger partial charge in [0, 0.05) is 5.54 Å². The van der Waals surface area contributed by atoms with Gasteiger partial charge in [0.1, 0.15) is 6.67 Å². The Hall–Kier alpha value is -0.150. The van der Waals surface area contributed by atoms with Gasteiger partial charge in [-0.3, -0.25) is 0 Å². The van der Waals surface area contributed by atoms with Gasteiger partial charge in [-0.05, 0) is 25.9 Å². The molecule has 1 fully saturated rings. The Morgan fingerprint density at radius 3 is 2.33 bits per heavy atom. The lowest BCUT2D eigenvalue weighted by molar-refractivity contribution is 0.241. The molecule has 0 aromatic carbocycles. The molecule has 0 aliphatic carbocycles. The Bertz CT molecular complexity index is 89.1. The minimum absolute atomic E-state index is 0.380. The monoisotopic (exact) mass is 132 g/mol. The van der Waals surface area contributed by atoms with Gasteiger partial charge >= 0.3 is 0 Å². The van der Waals surface area contributed by atoms with Crippen LogP contribution in [0.1, 0.15) is 12.8 Å². The summed E-state index contributed by atoms with van der Waals surface area (Å²) in [4.78, 5) is 0. The summed E-state index contributed by atoms with van der Waals surface area (Å²) in [7, 11) is 0. The SMILES string of the molecule is NC1(CF)CCNCC1. The summed E-state index contributed by atoms with van der Waals surface area (Å²) >= 11 is 0. The lowest BCUT2D eigenvalue weighted by atomic mass is 9.91. The summed E-state index contributed by atoms with van der Waals surface area (Å²) in [5.74, 6) is 0. The van der Waals surface area contributed by atoms with Gasteiger partial charge in [-0.2, -0.15) is 0 Å². The second-order valence-corrected chi connectivity index (χ2v) is 2.75. The van der Waals surface area contributed by atoms with Gasteiger partial charge in [-0.1, -0.05) is 0 Å². The molecule has 9 heavy (non-hydrogen) atoms. The molecule has 0 bridgehead atoms. The summed E-state index contributed by atoms with van der Waals surface area (Å²) in [5, 5.41) is 3.13. The predicted octanol–water partition coefficient (Wildman–Crippen LogP) is 0.0368. The van der Waals surface area contributed by atoms with Crippen LogP contribution in [0.5, 0.6) is 0 Å². The second kappa shape index (κ2) is 2.62. The molecule has 0 spiro atoms. The van der Waals surface area contributed by atoms with Crippen LogP contribution in [0.15, 0.2) is 0 Å². The average molecular weight is 132 g/mol. The molecule has 0 aromatic heterocycles. The quantitative estimate of drug-likeness (QED) is 0.528. The van der Waals surface area contributed by atoms with Crippen LogP contribution in [0.25, 0.3) is 0 Å². The normalized spacial score (nSPS) is 26.0. The molecule has 54 valence electrons. The summed E-state index contributed by atoms with van der Waals surface area (Å²) < 4.78 is 12.1. The van der Waals surface area contributed by atoms with Crippen molar-refractivity contribution in [1.82, 2.24) is 5.32 Å². The number of hydrogen-bond donors (Lipinski definition) is 2. The molecule has 3 heteroatoms. The number of nitrogens with two attached hydrogens (primary N) is 1. The summed E-state index contributed by atoms with van der Waals surface area (Å²) in [6.07, 6.45) is 1.53. The van der Waals surface area contributed by atoms with E-state index >= 15 is 0 Å². The van der Waals surface area contributed by atoms with Gasteiger partial charge < -0.3 is 11.1 Å². The molecule has 0 unspecified atom stereocenters. The van der Waals surface area contributed by atoms with E-state index in [0.717, 1.165) is 25.9 Å². The van der Waals surface area contributed by atoms with Gasteiger partial charge in [0.2, 0.25) is 0 Å². The number of hydrogen-bond acceptors (Lipinski definition) is 2. The minimum atomic E-state index is -0.509. The van der Waals surface area contributed by atoms with Crippen molar-refractivity contribution < 1.29 is 4.39 Å². The van der Waals surface area contributed by atoms with Crippen molar-refractivity contribution in [3.63, 3.8) is 0 Å². The first kappa shape index (κ1) is 6.96. The Balaban J connectivity index is 2.37. The number of halogens is 1. The smallest absolute Gasteiger partial charge is 0.107 e. The van der Waals surface area contributed by atoms with E-state index in [-0.39, 0.29) is 6.67 Å². The van der Waals surface area contributed by atoms with Gasteiger partial charge in [0.05, 0.1) is 0 Å². The van der Waals surface area contributed by atoms with E-state index in [1.807, 2.05) is 0 Å². The Morgan fingerprint density at radius 2 is 2.00 bits per heavy atom. The summed E-state index contributed by atoms with van der Waals surface area (Å²) in [5.41, 5.74) is 5.13. The summed E-state index contributed by atoms with van der Waals surface area (Å²) in [6, 6.07) is 0. The highest BCUT2D eigenvalue weighted by molar-refractivity contribution is 4.88. The maximum absolute atomic E-state index is 12.1. The Labute approximate surface area is 54.6 Å². The third-order valence-electron chi connectivity index (χ3n) is 1.87. The van der Waals surface area contributed by atoms with Crippen molar-refractivity contribution in [3.8, 4) is 0 Å². The van der Waals surface area contributed by atoms with Crippen LogP contribution in [-0.2, 0) is 0 Å². The molecule has 1 heterocycles. The van der Waals surface area contributed by atoms with E-state index in [1.54, 1.807) is 0 Å². The van der Waals surface area contributed by atoms with E-state index in [2.05, 4.69) is 5.32 Å². The molecule has 0 amide bonds. The van der Waals surface area contributed by atoms with Gasteiger partial charge in [-0.25, -0.2) is 4.39 Å². The molecule has 3 N–H and O–H groups in total. The van der Waals surface area contributed by atoms with Crippen LogP contribution in [0.3, 0.4) is 0 Å². The van der Waals surface area contributed by atoms with E-state index in [0.29, 0.717) is 0 Å². The maximum atomic E-state index is 12.1. The molecule has 1 aliphatic heterocycles. The van der Waals surface area contributed by atoms with Crippen molar-refractivity contribution >= 4 is 0 Å². The fraction of sp³-hybridized carbons (Fsp3) is 1.00. The molecule has 0 radical (unpaired) electrons. The highest BCUT2D eigenvalue weighted by Crippen LogP contribution is 2.14. The molecule has 0 saturated carbocycles. The molecule has 0 atom stereocenters. The van der Waals surface area contributed by atoms with E-state index in [4.69, 9.17) is 5.73 Å². The largest absolute Gasteiger partial charge is 0.323 e. The van der Waals surface area contributed by atoms with Crippen LogP contribution in [-0.4, -0.2) is 25.3 Å².